The lowest BCUT2D eigenvalue weighted by Gasteiger charge is -2.19. The van der Waals surface area contributed by atoms with E-state index in [4.69, 9.17) is 24.3 Å². The van der Waals surface area contributed by atoms with Crippen LogP contribution in [-0.4, -0.2) is 49.9 Å². The number of ether oxygens (including phenoxy) is 2. The van der Waals surface area contributed by atoms with Gasteiger partial charge in [-0.15, -0.1) is 0 Å². The minimum absolute atomic E-state index is 0.0964. The Kier molecular flexibility index (Phi) is 32.6. The molecule has 0 aliphatic rings. The second-order valence-electron chi connectivity index (χ2n) is 11.7. The molecular formula is C35H68NO7P. The number of rotatable bonds is 34. The number of esters is 1. The molecule has 0 aromatic carbocycles. The third-order valence-corrected chi connectivity index (χ3v) is 8.33. The molecule has 2 unspecified atom stereocenters. The predicted molar refractivity (Wildman–Crippen MR) is 183 cm³/mol. The lowest BCUT2D eigenvalue weighted by Crippen LogP contribution is -2.28. The highest BCUT2D eigenvalue weighted by Crippen LogP contribution is 2.43. The van der Waals surface area contributed by atoms with Gasteiger partial charge in [-0.25, -0.2) is 4.57 Å². The van der Waals surface area contributed by atoms with Gasteiger partial charge in [-0.2, -0.15) is 0 Å². The molecule has 3 N–H and O–H groups in total. The van der Waals surface area contributed by atoms with Gasteiger partial charge >= 0.3 is 13.8 Å². The summed E-state index contributed by atoms with van der Waals surface area (Å²) in [6.07, 6.45) is 35.0. The van der Waals surface area contributed by atoms with Gasteiger partial charge in [-0.1, -0.05) is 128 Å². The van der Waals surface area contributed by atoms with Crippen molar-refractivity contribution in [3.05, 3.63) is 24.3 Å². The van der Waals surface area contributed by atoms with Gasteiger partial charge in [0.2, 0.25) is 0 Å². The van der Waals surface area contributed by atoms with Gasteiger partial charge in [0.05, 0.1) is 19.8 Å². The van der Waals surface area contributed by atoms with Crippen LogP contribution >= 0.6 is 7.82 Å². The molecule has 0 aromatic heterocycles. The van der Waals surface area contributed by atoms with E-state index in [2.05, 4.69) is 31.2 Å². The van der Waals surface area contributed by atoms with E-state index in [9.17, 15) is 14.3 Å². The molecule has 9 heteroatoms. The predicted octanol–water partition coefficient (Wildman–Crippen LogP) is 9.74. The van der Waals surface area contributed by atoms with Crippen molar-refractivity contribution >= 4 is 13.8 Å². The Hall–Kier alpha value is -1.02. The van der Waals surface area contributed by atoms with Crippen molar-refractivity contribution in [1.29, 1.82) is 0 Å². The van der Waals surface area contributed by atoms with E-state index in [1.807, 2.05) is 6.92 Å². The van der Waals surface area contributed by atoms with E-state index in [1.165, 1.54) is 109 Å². The summed E-state index contributed by atoms with van der Waals surface area (Å²) < 4.78 is 32.5. The van der Waals surface area contributed by atoms with Crippen LogP contribution in [0.2, 0.25) is 0 Å². The highest BCUT2D eigenvalue weighted by molar-refractivity contribution is 7.47. The summed E-state index contributed by atoms with van der Waals surface area (Å²) >= 11 is 0. The van der Waals surface area contributed by atoms with Crippen molar-refractivity contribution in [3.63, 3.8) is 0 Å². The number of carbonyl (C=O) groups excluding carboxylic acids is 1. The summed E-state index contributed by atoms with van der Waals surface area (Å²) in [7, 11) is -4.24. The van der Waals surface area contributed by atoms with Crippen LogP contribution in [0.3, 0.4) is 0 Å². The minimum Gasteiger partial charge on any atom is -0.457 e. The quantitative estimate of drug-likeness (QED) is 0.0307. The minimum atomic E-state index is -4.24. The second kappa shape index (κ2) is 33.3. The molecule has 0 heterocycles. The van der Waals surface area contributed by atoms with E-state index >= 15 is 0 Å². The molecule has 0 amide bonds. The maximum atomic E-state index is 11.9. The van der Waals surface area contributed by atoms with Gasteiger partial charge in [0.15, 0.2) is 0 Å². The van der Waals surface area contributed by atoms with Crippen molar-refractivity contribution in [2.24, 2.45) is 5.73 Å². The molecule has 0 bridgehead atoms. The number of unbranched alkanes of at least 4 members (excludes halogenated alkanes) is 17. The molecule has 8 nitrogen and oxygen atoms in total. The van der Waals surface area contributed by atoms with Crippen molar-refractivity contribution in [1.82, 2.24) is 0 Å². The Balaban J connectivity index is 3.62. The number of phosphoric ester groups is 1. The van der Waals surface area contributed by atoms with Gasteiger partial charge < -0.3 is 20.1 Å². The second-order valence-corrected chi connectivity index (χ2v) is 13.2. The van der Waals surface area contributed by atoms with Crippen LogP contribution < -0.4 is 5.73 Å². The van der Waals surface area contributed by atoms with Gasteiger partial charge in [0.1, 0.15) is 6.10 Å². The number of hydrogen-bond donors (Lipinski definition) is 2. The van der Waals surface area contributed by atoms with Crippen molar-refractivity contribution in [3.8, 4) is 0 Å². The molecule has 0 aliphatic heterocycles. The topological polar surface area (TPSA) is 117 Å². The Morgan fingerprint density at radius 2 is 1.20 bits per heavy atom. The molecule has 0 aliphatic carbocycles. The fraction of sp³-hybridized carbons (Fsp3) is 0.857. The van der Waals surface area contributed by atoms with Crippen LogP contribution in [0.25, 0.3) is 0 Å². The third kappa shape index (κ3) is 32.4. The highest BCUT2D eigenvalue weighted by Gasteiger charge is 2.25. The van der Waals surface area contributed by atoms with Crippen LogP contribution in [0.15, 0.2) is 24.3 Å². The molecule has 0 saturated carbocycles. The van der Waals surface area contributed by atoms with E-state index in [-0.39, 0.29) is 38.8 Å². The van der Waals surface area contributed by atoms with Gasteiger partial charge in [0, 0.05) is 19.6 Å². The van der Waals surface area contributed by atoms with Crippen molar-refractivity contribution in [2.75, 3.05) is 33.0 Å². The number of carbonyl (C=O) groups is 1. The molecule has 0 aromatic rings. The van der Waals surface area contributed by atoms with Gasteiger partial charge in [-0.3, -0.25) is 13.8 Å². The first-order valence-electron chi connectivity index (χ1n) is 17.8. The zero-order valence-corrected chi connectivity index (χ0v) is 29.3. The first-order chi connectivity index (χ1) is 21.4. The molecule has 260 valence electrons. The Bertz CT molecular complexity index is 732. The smallest absolute Gasteiger partial charge is 0.457 e. The van der Waals surface area contributed by atoms with Crippen LogP contribution in [-0.2, 0) is 27.9 Å². The highest BCUT2D eigenvalue weighted by atomic mass is 31.2. The Labute approximate surface area is 270 Å². The number of nitrogens with two attached hydrogens (primary N) is 1. The monoisotopic (exact) mass is 645 g/mol. The lowest BCUT2D eigenvalue weighted by molar-refractivity contribution is -0.154. The summed E-state index contributed by atoms with van der Waals surface area (Å²) in [5, 5.41) is 0. The largest absolute Gasteiger partial charge is 0.472 e. The lowest BCUT2D eigenvalue weighted by atomic mass is 10.0. The van der Waals surface area contributed by atoms with Crippen LogP contribution in [0.1, 0.15) is 155 Å². The van der Waals surface area contributed by atoms with Gasteiger partial charge in [0.25, 0.3) is 0 Å². The number of allylic oxidation sites excluding steroid dienone is 4. The van der Waals surface area contributed by atoms with E-state index in [0.29, 0.717) is 13.0 Å². The zero-order chi connectivity index (χ0) is 32.4. The molecule has 0 fully saturated rings. The first kappa shape index (κ1) is 43.0. The maximum absolute atomic E-state index is 11.9. The van der Waals surface area contributed by atoms with Crippen LogP contribution in [0.5, 0.6) is 0 Å². The molecule has 0 rings (SSSR count). The normalized spacial score (nSPS) is 14.0. The summed E-state index contributed by atoms with van der Waals surface area (Å²) in [5.41, 5.74) is 5.29. The molecule has 0 radical (unpaired) electrons. The number of phosphoric acid groups is 1. The standard InChI is InChI=1S/C35H68NO7P/c1-3-5-6-7-8-9-10-11-12-13-14-15-16-17-18-19-20-21-22-23-24-25-26-27-30-40-32-34(43-35(37)28-4-2)33-42-44(38,39)41-31-29-36/h10-11,13-14,34H,3-9,12,15-33,36H2,1-2H3,(H,38,39)/b11-10-,14-13-. The van der Waals surface area contributed by atoms with Gasteiger partial charge in [-0.05, 0) is 44.9 Å². The van der Waals surface area contributed by atoms with Crippen LogP contribution in [0, 0.1) is 0 Å². The Morgan fingerprint density at radius 3 is 1.73 bits per heavy atom. The summed E-state index contributed by atoms with van der Waals surface area (Å²) in [6.45, 7) is 4.53. The molecule has 2 atom stereocenters. The maximum Gasteiger partial charge on any atom is 0.472 e. The summed E-state index contributed by atoms with van der Waals surface area (Å²) in [5.74, 6) is -0.384. The fourth-order valence-corrected chi connectivity index (χ4v) is 5.53. The third-order valence-electron chi connectivity index (χ3n) is 7.34. The Morgan fingerprint density at radius 1 is 0.682 bits per heavy atom. The molecule has 44 heavy (non-hydrogen) atoms. The average molecular weight is 646 g/mol. The molecule has 0 spiro atoms. The SMILES string of the molecule is CCCCCCC/C=C\C/C=C\CCCCCCCCCCCCCCOCC(COP(=O)(O)OCCN)OC(=O)CCC. The number of hydrogen-bond acceptors (Lipinski definition) is 7. The van der Waals surface area contributed by atoms with E-state index < -0.39 is 13.9 Å². The zero-order valence-electron chi connectivity index (χ0n) is 28.4. The van der Waals surface area contributed by atoms with Crippen molar-refractivity contribution < 1.29 is 32.8 Å². The first-order valence-corrected chi connectivity index (χ1v) is 19.3. The fourth-order valence-electron chi connectivity index (χ4n) is 4.77. The molecular weight excluding hydrogens is 577 g/mol. The summed E-state index contributed by atoms with van der Waals surface area (Å²) in [4.78, 5) is 21.6. The van der Waals surface area contributed by atoms with Crippen LogP contribution in [0.4, 0.5) is 0 Å². The molecule has 0 saturated heterocycles. The van der Waals surface area contributed by atoms with Crippen molar-refractivity contribution in [2.45, 2.75) is 161 Å². The van der Waals surface area contributed by atoms with E-state index in [0.717, 1.165) is 19.3 Å². The average Bonchev–Trinajstić information content (AvgIpc) is 3.00. The van der Waals surface area contributed by atoms with E-state index in [1.54, 1.807) is 0 Å². The summed E-state index contributed by atoms with van der Waals surface area (Å²) in [6, 6.07) is 0.